The minimum absolute atomic E-state index is 0.0304. The molecule has 0 saturated carbocycles. The largest absolute Gasteiger partial charge is 0.507 e. The van der Waals surface area contributed by atoms with Gasteiger partial charge in [0.15, 0.2) is 0 Å². The maximum atomic E-state index is 12.0. The third kappa shape index (κ3) is 4.88. The Kier molecular flexibility index (Phi) is 5.91. The van der Waals surface area contributed by atoms with Gasteiger partial charge in [-0.15, -0.1) is 0 Å². The lowest BCUT2D eigenvalue weighted by molar-refractivity contribution is 0.0955. The molecule has 0 saturated heterocycles. The number of amides is 1. The monoisotopic (exact) mass is 372 g/mol. The number of aryl methyl sites for hydroxylation is 2. The number of carbonyl (C=O) groups is 1. The first-order valence-electron chi connectivity index (χ1n) is 8.73. The van der Waals surface area contributed by atoms with Crippen molar-refractivity contribution in [3.05, 3.63) is 89.0 Å². The van der Waals surface area contributed by atoms with E-state index in [1.54, 1.807) is 36.4 Å². The van der Waals surface area contributed by atoms with Gasteiger partial charge in [0.05, 0.1) is 17.6 Å². The van der Waals surface area contributed by atoms with Crippen molar-refractivity contribution in [3.8, 4) is 5.75 Å². The lowest BCUT2D eigenvalue weighted by Gasteiger charge is -2.02. The first kappa shape index (κ1) is 19.0. The number of carbonyl (C=O) groups excluding carboxylic acids is 1. The Morgan fingerprint density at radius 3 is 2.29 bits per heavy atom. The van der Waals surface area contributed by atoms with Crippen LogP contribution in [-0.2, 0) is 0 Å². The van der Waals surface area contributed by atoms with Crippen molar-refractivity contribution in [2.24, 2.45) is 15.3 Å². The van der Waals surface area contributed by atoms with Crippen LogP contribution in [0.2, 0.25) is 0 Å². The molecule has 0 aromatic heterocycles. The third-order valence-electron chi connectivity index (χ3n) is 4.19. The normalized spacial score (nSPS) is 11.2. The van der Waals surface area contributed by atoms with Gasteiger partial charge in [0.25, 0.3) is 5.91 Å². The molecule has 0 unspecified atom stereocenters. The predicted molar refractivity (Wildman–Crippen MR) is 110 cm³/mol. The highest BCUT2D eigenvalue weighted by Gasteiger charge is 2.04. The van der Waals surface area contributed by atoms with Gasteiger partial charge < -0.3 is 5.11 Å². The molecular formula is C22H20N4O2. The molecule has 0 spiro atoms. The molecule has 0 radical (unpaired) electrons. The summed E-state index contributed by atoms with van der Waals surface area (Å²) >= 11 is 0. The molecule has 0 heterocycles. The Morgan fingerprint density at radius 2 is 1.57 bits per heavy atom. The number of aromatic hydroxyl groups is 1. The summed E-state index contributed by atoms with van der Waals surface area (Å²) in [4.78, 5) is 12.0. The van der Waals surface area contributed by atoms with E-state index < -0.39 is 0 Å². The van der Waals surface area contributed by atoms with Crippen molar-refractivity contribution >= 4 is 23.5 Å². The van der Waals surface area contributed by atoms with E-state index in [0.717, 1.165) is 11.3 Å². The van der Waals surface area contributed by atoms with Crippen molar-refractivity contribution in [2.75, 3.05) is 0 Å². The molecule has 0 atom stereocenters. The fourth-order valence-corrected chi connectivity index (χ4v) is 2.43. The molecule has 3 rings (SSSR count). The Balaban J connectivity index is 1.71. The highest BCUT2D eigenvalue weighted by Crippen LogP contribution is 2.25. The fourth-order valence-electron chi connectivity index (χ4n) is 2.43. The third-order valence-corrected chi connectivity index (χ3v) is 4.19. The average Bonchev–Trinajstić information content (AvgIpc) is 2.71. The van der Waals surface area contributed by atoms with Gasteiger partial charge in [-0.1, -0.05) is 24.3 Å². The van der Waals surface area contributed by atoms with Crippen LogP contribution in [0.25, 0.3) is 0 Å². The summed E-state index contributed by atoms with van der Waals surface area (Å²) in [6, 6.07) is 19.4. The number of nitrogens with zero attached hydrogens (tertiary/aromatic N) is 3. The number of phenols is 1. The molecule has 6 nitrogen and oxygen atoms in total. The number of hydrazone groups is 1. The Hall–Kier alpha value is -3.80. The molecule has 0 aliphatic heterocycles. The first-order valence-corrected chi connectivity index (χ1v) is 8.73. The van der Waals surface area contributed by atoms with Crippen molar-refractivity contribution in [2.45, 2.75) is 13.8 Å². The van der Waals surface area contributed by atoms with E-state index in [0.29, 0.717) is 16.8 Å². The van der Waals surface area contributed by atoms with E-state index in [2.05, 4.69) is 20.8 Å². The Labute approximate surface area is 163 Å². The van der Waals surface area contributed by atoms with Gasteiger partial charge in [0, 0.05) is 11.1 Å². The van der Waals surface area contributed by atoms with Crippen LogP contribution in [0.5, 0.6) is 5.75 Å². The summed E-state index contributed by atoms with van der Waals surface area (Å²) in [6.45, 7) is 4.06. The number of hydrogen-bond donors (Lipinski definition) is 2. The standard InChI is InChI=1S/C22H20N4O2/c1-15-8-9-19(12-16(15)2)24-25-20-10-11-21(27)18(13-20)14-23-26-22(28)17-6-4-3-5-7-17/h3-14,27H,1-2H3,(H,26,28)/b23-14+,25-24?. The number of nitrogens with one attached hydrogen (secondary N) is 1. The minimum Gasteiger partial charge on any atom is -0.507 e. The van der Waals surface area contributed by atoms with E-state index in [9.17, 15) is 9.90 Å². The smallest absolute Gasteiger partial charge is 0.271 e. The molecule has 0 bridgehead atoms. The summed E-state index contributed by atoms with van der Waals surface area (Å²) in [5, 5.41) is 22.3. The van der Waals surface area contributed by atoms with Gasteiger partial charge in [-0.3, -0.25) is 4.79 Å². The molecule has 2 N–H and O–H groups in total. The van der Waals surface area contributed by atoms with Crippen molar-refractivity contribution < 1.29 is 9.90 Å². The molecule has 0 aliphatic carbocycles. The SMILES string of the molecule is Cc1ccc(N=Nc2ccc(O)c(/C=N/NC(=O)c3ccccc3)c2)cc1C. The molecule has 6 heteroatoms. The van der Waals surface area contributed by atoms with Crippen molar-refractivity contribution in [3.63, 3.8) is 0 Å². The van der Waals surface area contributed by atoms with Crippen LogP contribution in [0.4, 0.5) is 11.4 Å². The van der Waals surface area contributed by atoms with Crippen LogP contribution < -0.4 is 5.43 Å². The summed E-state index contributed by atoms with van der Waals surface area (Å²) < 4.78 is 0. The number of benzene rings is 3. The molecule has 0 fully saturated rings. The maximum Gasteiger partial charge on any atom is 0.271 e. The molecule has 3 aromatic carbocycles. The summed E-state index contributed by atoms with van der Waals surface area (Å²) in [5.41, 5.74) is 7.00. The van der Waals surface area contributed by atoms with Crippen LogP contribution in [0.3, 0.4) is 0 Å². The summed E-state index contributed by atoms with van der Waals surface area (Å²) in [7, 11) is 0. The molecule has 3 aromatic rings. The van der Waals surface area contributed by atoms with Gasteiger partial charge in [-0.05, 0) is 67.4 Å². The van der Waals surface area contributed by atoms with Crippen LogP contribution in [-0.4, -0.2) is 17.2 Å². The Bertz CT molecular complexity index is 1040. The Morgan fingerprint density at radius 1 is 0.893 bits per heavy atom. The van der Waals surface area contributed by atoms with Gasteiger partial charge in [0.1, 0.15) is 5.75 Å². The van der Waals surface area contributed by atoms with Gasteiger partial charge in [0.2, 0.25) is 0 Å². The maximum absolute atomic E-state index is 12.0. The van der Waals surface area contributed by atoms with Crippen LogP contribution in [0.15, 0.2) is 82.1 Å². The van der Waals surface area contributed by atoms with Crippen molar-refractivity contribution in [1.82, 2.24) is 5.43 Å². The number of phenolic OH excluding ortho intramolecular Hbond substituents is 1. The van der Waals surface area contributed by atoms with Gasteiger partial charge >= 0.3 is 0 Å². The topological polar surface area (TPSA) is 86.4 Å². The second-order valence-corrected chi connectivity index (χ2v) is 6.28. The van der Waals surface area contributed by atoms with E-state index >= 15 is 0 Å². The van der Waals surface area contributed by atoms with E-state index in [-0.39, 0.29) is 11.7 Å². The zero-order valence-corrected chi connectivity index (χ0v) is 15.6. The number of hydrogen-bond acceptors (Lipinski definition) is 5. The molecule has 0 aliphatic rings. The van der Waals surface area contributed by atoms with E-state index in [1.807, 2.05) is 38.1 Å². The molecular weight excluding hydrogens is 352 g/mol. The predicted octanol–water partition coefficient (Wildman–Crippen LogP) is 5.19. The molecule has 140 valence electrons. The van der Waals surface area contributed by atoms with Gasteiger partial charge in [-0.25, -0.2) is 5.43 Å². The van der Waals surface area contributed by atoms with Gasteiger partial charge in [-0.2, -0.15) is 15.3 Å². The number of azo groups is 1. The first-order chi connectivity index (χ1) is 13.5. The lowest BCUT2D eigenvalue weighted by atomic mass is 10.1. The van der Waals surface area contributed by atoms with E-state index in [1.165, 1.54) is 17.8 Å². The zero-order chi connectivity index (χ0) is 19.9. The number of rotatable bonds is 5. The van der Waals surface area contributed by atoms with E-state index in [4.69, 9.17) is 0 Å². The molecule has 28 heavy (non-hydrogen) atoms. The van der Waals surface area contributed by atoms with Crippen LogP contribution in [0, 0.1) is 13.8 Å². The zero-order valence-electron chi connectivity index (χ0n) is 15.6. The average molecular weight is 372 g/mol. The lowest BCUT2D eigenvalue weighted by Crippen LogP contribution is -2.17. The highest BCUT2D eigenvalue weighted by atomic mass is 16.3. The highest BCUT2D eigenvalue weighted by molar-refractivity contribution is 5.95. The van der Waals surface area contributed by atoms with Crippen molar-refractivity contribution in [1.29, 1.82) is 0 Å². The fraction of sp³-hybridized carbons (Fsp3) is 0.0909. The second kappa shape index (κ2) is 8.73. The summed E-state index contributed by atoms with van der Waals surface area (Å²) in [6.07, 6.45) is 1.37. The second-order valence-electron chi connectivity index (χ2n) is 6.28. The van der Waals surface area contributed by atoms with Crippen LogP contribution in [0.1, 0.15) is 27.0 Å². The summed E-state index contributed by atoms with van der Waals surface area (Å²) in [5.74, 6) is -0.301. The quantitative estimate of drug-likeness (QED) is 0.367. The van der Waals surface area contributed by atoms with Crippen LogP contribution >= 0.6 is 0 Å². The molecule has 1 amide bonds. The minimum atomic E-state index is -0.332.